The summed E-state index contributed by atoms with van der Waals surface area (Å²) in [4.78, 5) is 0. The normalized spacial score (nSPS) is 14.8. The number of allylic oxidation sites excluding steroid dienone is 4. The molecule has 0 spiro atoms. The zero-order valence-corrected chi connectivity index (χ0v) is 15.2. The van der Waals surface area contributed by atoms with Gasteiger partial charge in [-0.15, -0.1) is 0 Å². The first-order valence-corrected chi connectivity index (χ1v) is 8.44. The Morgan fingerprint density at radius 1 is 0.870 bits per heavy atom. The maximum atomic E-state index is 10.0. The Morgan fingerprint density at radius 2 is 1.52 bits per heavy atom. The van der Waals surface area contributed by atoms with E-state index >= 15 is 0 Å². The Kier molecular flexibility index (Phi) is 12.6. The molecule has 0 aliphatic carbocycles. The number of hydrogen-bond acceptors (Lipinski definition) is 3. The van der Waals surface area contributed by atoms with Crippen molar-refractivity contribution < 1.29 is 15.3 Å². The second kappa shape index (κ2) is 13.3. The Morgan fingerprint density at radius 3 is 2.09 bits per heavy atom. The van der Waals surface area contributed by atoms with Crippen molar-refractivity contribution in [2.24, 2.45) is 0 Å². The van der Waals surface area contributed by atoms with E-state index in [2.05, 4.69) is 12.2 Å². The summed E-state index contributed by atoms with van der Waals surface area (Å²) in [6.45, 7) is 8.18. The zero-order valence-electron chi connectivity index (χ0n) is 15.2. The van der Waals surface area contributed by atoms with Gasteiger partial charge in [0.2, 0.25) is 0 Å². The standard InChI is InChI=1S/C20H34O3/c1-16(2)11-12-20(23)18(4)8-6-10-19(15-22)9-5-7-17(3)13-14-21/h8-9,11,13,20-23H,5-7,10,12,14-15H2,1-4H3/b17-13+,18-8+,19-9-. The fourth-order valence-electron chi connectivity index (χ4n) is 2.16. The van der Waals surface area contributed by atoms with E-state index in [1.165, 1.54) is 11.1 Å². The highest BCUT2D eigenvalue weighted by molar-refractivity contribution is 5.11. The molecule has 0 heterocycles. The summed E-state index contributed by atoms with van der Waals surface area (Å²) in [5.41, 5.74) is 4.40. The van der Waals surface area contributed by atoms with E-state index in [1.807, 2.05) is 39.8 Å². The van der Waals surface area contributed by atoms with E-state index in [-0.39, 0.29) is 13.2 Å². The smallest absolute Gasteiger partial charge is 0.0781 e. The Bertz CT molecular complexity index is 438. The molecule has 0 fully saturated rings. The van der Waals surface area contributed by atoms with Crippen molar-refractivity contribution in [2.75, 3.05) is 13.2 Å². The van der Waals surface area contributed by atoms with Crippen molar-refractivity contribution in [1.29, 1.82) is 0 Å². The van der Waals surface area contributed by atoms with Gasteiger partial charge in [0.05, 0.1) is 19.3 Å². The van der Waals surface area contributed by atoms with Gasteiger partial charge < -0.3 is 15.3 Å². The highest BCUT2D eigenvalue weighted by atomic mass is 16.3. The van der Waals surface area contributed by atoms with Crippen LogP contribution < -0.4 is 0 Å². The maximum Gasteiger partial charge on any atom is 0.0781 e. The average Bonchev–Trinajstić information content (AvgIpc) is 2.50. The minimum atomic E-state index is -0.419. The van der Waals surface area contributed by atoms with Crippen LogP contribution in [0.15, 0.2) is 46.6 Å². The Balaban J connectivity index is 4.31. The number of aliphatic hydroxyl groups excluding tert-OH is 3. The van der Waals surface area contributed by atoms with Crippen LogP contribution in [-0.4, -0.2) is 34.6 Å². The van der Waals surface area contributed by atoms with Crippen LogP contribution in [0.3, 0.4) is 0 Å². The lowest BCUT2D eigenvalue weighted by Crippen LogP contribution is -2.06. The number of hydrogen-bond donors (Lipinski definition) is 3. The molecule has 1 unspecified atom stereocenters. The van der Waals surface area contributed by atoms with Gasteiger partial charge in [-0.3, -0.25) is 0 Å². The van der Waals surface area contributed by atoms with Crippen molar-refractivity contribution in [1.82, 2.24) is 0 Å². The third kappa shape index (κ3) is 12.0. The van der Waals surface area contributed by atoms with Gasteiger partial charge in [0, 0.05) is 0 Å². The minimum Gasteiger partial charge on any atom is -0.392 e. The largest absolute Gasteiger partial charge is 0.392 e. The first kappa shape index (κ1) is 21.8. The maximum absolute atomic E-state index is 10.0. The van der Waals surface area contributed by atoms with Gasteiger partial charge >= 0.3 is 0 Å². The lowest BCUT2D eigenvalue weighted by Gasteiger charge is -2.10. The lowest BCUT2D eigenvalue weighted by molar-refractivity contribution is 0.213. The van der Waals surface area contributed by atoms with Gasteiger partial charge in [-0.25, -0.2) is 0 Å². The summed E-state index contributed by atoms with van der Waals surface area (Å²) in [7, 11) is 0. The van der Waals surface area contributed by atoms with Crippen LogP contribution >= 0.6 is 0 Å². The molecule has 3 heteroatoms. The second-order valence-electron chi connectivity index (χ2n) is 6.31. The topological polar surface area (TPSA) is 60.7 Å². The predicted molar refractivity (Wildman–Crippen MR) is 98.3 cm³/mol. The summed E-state index contributed by atoms with van der Waals surface area (Å²) in [5, 5.41) is 28.3. The third-order valence-corrected chi connectivity index (χ3v) is 3.82. The molecule has 3 N–H and O–H groups in total. The molecule has 0 radical (unpaired) electrons. The summed E-state index contributed by atoms with van der Waals surface area (Å²) >= 11 is 0. The van der Waals surface area contributed by atoms with Gasteiger partial charge in [-0.05, 0) is 70.9 Å². The second-order valence-corrected chi connectivity index (χ2v) is 6.31. The molecule has 23 heavy (non-hydrogen) atoms. The molecule has 0 saturated carbocycles. The average molecular weight is 322 g/mol. The van der Waals surface area contributed by atoms with Crippen LogP contribution in [0.4, 0.5) is 0 Å². The number of aliphatic hydroxyl groups is 3. The van der Waals surface area contributed by atoms with E-state index in [9.17, 15) is 10.2 Å². The zero-order chi connectivity index (χ0) is 17.7. The van der Waals surface area contributed by atoms with Gasteiger partial charge in [-0.2, -0.15) is 0 Å². The molecular formula is C20H34O3. The van der Waals surface area contributed by atoms with Crippen molar-refractivity contribution in [3.8, 4) is 0 Å². The van der Waals surface area contributed by atoms with Crippen molar-refractivity contribution >= 4 is 0 Å². The molecule has 0 aromatic carbocycles. The van der Waals surface area contributed by atoms with E-state index in [1.54, 1.807) is 0 Å². The van der Waals surface area contributed by atoms with Gasteiger partial charge in [0.1, 0.15) is 0 Å². The van der Waals surface area contributed by atoms with E-state index in [4.69, 9.17) is 5.11 Å². The Hall–Kier alpha value is -1.16. The highest BCUT2D eigenvalue weighted by Crippen LogP contribution is 2.14. The molecule has 0 saturated heterocycles. The summed E-state index contributed by atoms with van der Waals surface area (Å²) in [6, 6.07) is 0. The van der Waals surface area contributed by atoms with E-state index in [0.29, 0.717) is 6.42 Å². The molecule has 0 rings (SSSR count). The molecule has 0 aliphatic heterocycles. The van der Waals surface area contributed by atoms with Crippen LogP contribution in [0.2, 0.25) is 0 Å². The number of rotatable bonds is 11. The minimum absolute atomic E-state index is 0.0793. The Labute approximate surface area is 141 Å². The molecule has 0 aliphatic rings. The molecule has 0 bridgehead atoms. The van der Waals surface area contributed by atoms with E-state index in [0.717, 1.165) is 36.8 Å². The molecule has 3 nitrogen and oxygen atoms in total. The fourth-order valence-corrected chi connectivity index (χ4v) is 2.16. The van der Waals surface area contributed by atoms with Crippen molar-refractivity contribution in [2.45, 2.75) is 65.9 Å². The van der Waals surface area contributed by atoms with Crippen LogP contribution in [0.5, 0.6) is 0 Å². The van der Waals surface area contributed by atoms with Crippen LogP contribution in [-0.2, 0) is 0 Å². The predicted octanol–water partition coefficient (Wildman–Crippen LogP) is 4.07. The summed E-state index contributed by atoms with van der Waals surface area (Å²) < 4.78 is 0. The quantitative estimate of drug-likeness (QED) is 0.503. The van der Waals surface area contributed by atoms with Crippen LogP contribution in [0.1, 0.15) is 59.8 Å². The monoisotopic (exact) mass is 322 g/mol. The van der Waals surface area contributed by atoms with Gasteiger partial charge in [0.25, 0.3) is 0 Å². The first-order chi connectivity index (χ1) is 10.9. The molecule has 132 valence electrons. The van der Waals surface area contributed by atoms with Crippen molar-refractivity contribution in [3.05, 3.63) is 46.6 Å². The lowest BCUT2D eigenvalue weighted by atomic mass is 10.0. The van der Waals surface area contributed by atoms with Crippen molar-refractivity contribution in [3.63, 3.8) is 0 Å². The first-order valence-electron chi connectivity index (χ1n) is 8.44. The van der Waals surface area contributed by atoms with Crippen LogP contribution in [0.25, 0.3) is 0 Å². The van der Waals surface area contributed by atoms with Gasteiger partial charge in [0.15, 0.2) is 0 Å². The highest BCUT2D eigenvalue weighted by Gasteiger charge is 2.04. The molecular weight excluding hydrogens is 288 g/mol. The third-order valence-electron chi connectivity index (χ3n) is 3.82. The molecule has 0 amide bonds. The molecule has 0 aromatic heterocycles. The van der Waals surface area contributed by atoms with Crippen LogP contribution in [0, 0.1) is 0 Å². The van der Waals surface area contributed by atoms with E-state index < -0.39 is 6.10 Å². The molecule has 1 atom stereocenters. The SMILES string of the molecule is CC(C)=CCC(O)/C(C)=C/CC/C(=C/CC/C(C)=C/CO)CO. The fraction of sp³-hybridized carbons (Fsp3) is 0.600. The molecule has 0 aromatic rings. The summed E-state index contributed by atoms with van der Waals surface area (Å²) in [5.74, 6) is 0. The van der Waals surface area contributed by atoms with Gasteiger partial charge in [-0.1, -0.05) is 35.5 Å². The summed E-state index contributed by atoms with van der Waals surface area (Å²) in [6.07, 6.45) is 11.7.